The zero-order valence-electron chi connectivity index (χ0n) is 31.8. The first-order valence-corrected chi connectivity index (χ1v) is 19.9. The van der Waals surface area contributed by atoms with Crippen LogP contribution in [0, 0.1) is 0 Å². The van der Waals surface area contributed by atoms with E-state index in [0.717, 1.165) is 28.3 Å². The molecule has 2 heteroatoms. The molecule has 1 heterocycles. The van der Waals surface area contributed by atoms with Crippen LogP contribution in [0.5, 0.6) is 0 Å². The molecule has 272 valence electrons. The molecule has 2 nitrogen and oxygen atoms in total. The fourth-order valence-corrected chi connectivity index (χ4v) is 8.97. The zero-order chi connectivity index (χ0) is 38.4. The molecule has 10 aromatic carbocycles. The lowest BCUT2D eigenvalue weighted by atomic mass is 9.94. The minimum atomic E-state index is 1.08. The summed E-state index contributed by atoms with van der Waals surface area (Å²) in [6, 6.07) is 83.7. The van der Waals surface area contributed by atoms with Gasteiger partial charge in [0.1, 0.15) is 0 Å². The first kappa shape index (κ1) is 33.6. The summed E-state index contributed by atoms with van der Waals surface area (Å²) in [7, 11) is 0. The molecule has 0 fully saturated rings. The van der Waals surface area contributed by atoms with Crippen LogP contribution in [0.3, 0.4) is 0 Å². The lowest BCUT2D eigenvalue weighted by Gasteiger charge is -2.29. The Bertz CT molecular complexity index is 3250. The third kappa shape index (κ3) is 5.66. The van der Waals surface area contributed by atoms with Gasteiger partial charge in [0.2, 0.25) is 0 Å². The number of nitrogens with zero attached hydrogens (tertiary/aromatic N) is 2. The van der Waals surface area contributed by atoms with Gasteiger partial charge >= 0.3 is 0 Å². The molecule has 0 amide bonds. The Hall–Kier alpha value is -7.68. The predicted octanol–water partition coefficient (Wildman–Crippen LogP) is 15.6. The second-order valence-corrected chi connectivity index (χ2v) is 14.9. The Kier molecular flexibility index (Phi) is 8.19. The van der Waals surface area contributed by atoms with E-state index in [-0.39, 0.29) is 0 Å². The highest BCUT2D eigenvalue weighted by Gasteiger charge is 2.22. The molecular weight excluding hydrogens is 701 g/mol. The third-order valence-corrected chi connectivity index (χ3v) is 11.6. The van der Waals surface area contributed by atoms with Gasteiger partial charge in [-0.1, -0.05) is 182 Å². The Labute approximate surface area is 338 Å². The quantitative estimate of drug-likeness (QED) is 0.148. The normalized spacial score (nSPS) is 11.4. The molecule has 11 aromatic rings. The molecule has 0 saturated carbocycles. The maximum Gasteiger partial charge on any atom is 0.0702 e. The van der Waals surface area contributed by atoms with Crippen molar-refractivity contribution in [3.05, 3.63) is 231 Å². The highest BCUT2D eigenvalue weighted by molar-refractivity contribution is 6.12. The monoisotopic (exact) mass is 738 g/mol. The van der Waals surface area contributed by atoms with Crippen LogP contribution in [-0.2, 0) is 0 Å². The van der Waals surface area contributed by atoms with E-state index in [1.54, 1.807) is 0 Å². The van der Waals surface area contributed by atoms with E-state index in [2.05, 4.69) is 240 Å². The van der Waals surface area contributed by atoms with Crippen molar-refractivity contribution >= 4 is 60.4 Å². The molecule has 0 saturated heterocycles. The van der Waals surface area contributed by atoms with Crippen molar-refractivity contribution in [3.63, 3.8) is 0 Å². The molecule has 0 aliphatic heterocycles. The summed E-state index contributed by atoms with van der Waals surface area (Å²) < 4.78 is 2.43. The maximum atomic E-state index is 2.44. The van der Waals surface area contributed by atoms with Gasteiger partial charge in [-0.2, -0.15) is 0 Å². The van der Waals surface area contributed by atoms with Crippen LogP contribution in [-0.4, -0.2) is 4.57 Å². The van der Waals surface area contributed by atoms with Gasteiger partial charge in [-0.25, -0.2) is 0 Å². The zero-order valence-corrected chi connectivity index (χ0v) is 31.8. The Balaban J connectivity index is 1.15. The largest absolute Gasteiger partial charge is 0.308 e. The average molecular weight is 739 g/mol. The van der Waals surface area contributed by atoms with Crippen LogP contribution in [0.2, 0.25) is 0 Å². The number of benzene rings is 10. The van der Waals surface area contributed by atoms with Crippen LogP contribution in [0.4, 0.5) is 17.1 Å². The predicted molar refractivity (Wildman–Crippen MR) is 247 cm³/mol. The smallest absolute Gasteiger partial charge is 0.0702 e. The molecule has 0 spiro atoms. The molecule has 0 bridgehead atoms. The molecular formula is C56H38N2. The summed E-state index contributed by atoms with van der Waals surface area (Å²) in [5.74, 6) is 0. The second kappa shape index (κ2) is 14.1. The number of hydrogen-bond donors (Lipinski definition) is 0. The molecule has 0 N–H and O–H groups in total. The Morgan fingerprint density at radius 2 is 0.793 bits per heavy atom. The minimum absolute atomic E-state index is 1.08. The summed E-state index contributed by atoms with van der Waals surface area (Å²) in [6.07, 6.45) is 0. The van der Waals surface area contributed by atoms with Crippen molar-refractivity contribution in [1.82, 2.24) is 4.57 Å². The molecule has 58 heavy (non-hydrogen) atoms. The van der Waals surface area contributed by atoms with Gasteiger partial charge in [-0.3, -0.25) is 0 Å². The second-order valence-electron chi connectivity index (χ2n) is 14.9. The molecule has 0 radical (unpaired) electrons. The summed E-state index contributed by atoms with van der Waals surface area (Å²) >= 11 is 0. The van der Waals surface area contributed by atoms with E-state index in [9.17, 15) is 0 Å². The summed E-state index contributed by atoms with van der Waals surface area (Å²) in [6.45, 7) is 0. The van der Waals surface area contributed by atoms with Crippen molar-refractivity contribution < 1.29 is 0 Å². The number of aromatic nitrogens is 1. The molecule has 0 atom stereocenters. The van der Waals surface area contributed by atoms with Crippen molar-refractivity contribution in [1.29, 1.82) is 0 Å². The van der Waals surface area contributed by atoms with Crippen molar-refractivity contribution in [3.8, 4) is 39.1 Å². The highest BCUT2D eigenvalue weighted by Crippen LogP contribution is 2.44. The van der Waals surface area contributed by atoms with Crippen LogP contribution in [0.1, 0.15) is 0 Å². The van der Waals surface area contributed by atoms with E-state index in [1.165, 1.54) is 71.2 Å². The van der Waals surface area contributed by atoms with Gasteiger partial charge in [-0.05, 0) is 103 Å². The SMILES string of the molecule is c1ccc(-c2ccccc2-c2cccc(N(c3cccc(-c4cccc5c4ccc4ccccc45)c3)c3ccccc3-n3c4ccccc4c4ccccc43)c2)cc1. The van der Waals surface area contributed by atoms with Gasteiger partial charge in [0.25, 0.3) is 0 Å². The number of para-hydroxylation sites is 4. The first-order valence-electron chi connectivity index (χ1n) is 19.9. The number of fused-ring (bicyclic) bond motifs is 6. The first-order chi connectivity index (χ1) is 28.8. The van der Waals surface area contributed by atoms with Gasteiger partial charge < -0.3 is 9.47 Å². The van der Waals surface area contributed by atoms with Crippen molar-refractivity contribution in [2.45, 2.75) is 0 Å². The van der Waals surface area contributed by atoms with Crippen molar-refractivity contribution in [2.75, 3.05) is 4.90 Å². The Morgan fingerprint density at radius 3 is 1.52 bits per heavy atom. The van der Waals surface area contributed by atoms with Crippen molar-refractivity contribution in [2.24, 2.45) is 0 Å². The van der Waals surface area contributed by atoms with E-state index >= 15 is 0 Å². The lowest BCUT2D eigenvalue weighted by Crippen LogP contribution is -2.13. The minimum Gasteiger partial charge on any atom is -0.308 e. The topological polar surface area (TPSA) is 8.17 Å². The fourth-order valence-electron chi connectivity index (χ4n) is 8.97. The van der Waals surface area contributed by atoms with E-state index in [4.69, 9.17) is 0 Å². The third-order valence-electron chi connectivity index (χ3n) is 11.6. The van der Waals surface area contributed by atoms with E-state index in [1.807, 2.05) is 0 Å². The van der Waals surface area contributed by atoms with E-state index in [0.29, 0.717) is 0 Å². The lowest BCUT2D eigenvalue weighted by molar-refractivity contribution is 1.15. The average Bonchev–Trinajstić information content (AvgIpc) is 3.64. The standard InChI is InChI=1S/C56H38N2/c1-2-17-39(18-3-1)45-24-6-7-26-47(45)41-20-14-22-43(37-41)57(55-33-12-13-34-56(55)58-53-31-10-8-27-51(53)52-28-9-11-32-54(52)58)44-23-15-21-42(38-44)48-29-16-30-49-46-25-5-4-19-40(46)35-36-50(48)49/h1-38H. The number of hydrogen-bond acceptors (Lipinski definition) is 1. The maximum absolute atomic E-state index is 2.44. The molecule has 0 aliphatic carbocycles. The summed E-state index contributed by atoms with van der Waals surface area (Å²) in [5, 5.41) is 7.51. The fraction of sp³-hybridized carbons (Fsp3) is 0. The van der Waals surface area contributed by atoms with Gasteiger partial charge in [0.15, 0.2) is 0 Å². The molecule has 0 aliphatic rings. The number of anilines is 3. The summed E-state index contributed by atoms with van der Waals surface area (Å²) in [5.41, 5.74) is 13.9. The molecule has 0 unspecified atom stereocenters. The van der Waals surface area contributed by atoms with Crippen LogP contribution in [0.25, 0.3) is 82.4 Å². The summed E-state index contributed by atoms with van der Waals surface area (Å²) in [4.78, 5) is 2.44. The molecule has 1 aromatic heterocycles. The Morgan fingerprint density at radius 1 is 0.293 bits per heavy atom. The van der Waals surface area contributed by atoms with Crippen LogP contribution < -0.4 is 4.90 Å². The van der Waals surface area contributed by atoms with Gasteiger partial charge in [0.05, 0.1) is 22.4 Å². The van der Waals surface area contributed by atoms with Gasteiger partial charge in [0, 0.05) is 22.1 Å². The number of rotatable bonds is 7. The van der Waals surface area contributed by atoms with Gasteiger partial charge in [-0.15, -0.1) is 0 Å². The van der Waals surface area contributed by atoms with Crippen LogP contribution >= 0.6 is 0 Å². The van der Waals surface area contributed by atoms with Crippen LogP contribution in [0.15, 0.2) is 231 Å². The van der Waals surface area contributed by atoms with E-state index < -0.39 is 0 Å². The molecule has 11 rings (SSSR count). The highest BCUT2D eigenvalue weighted by atomic mass is 15.2.